The first-order valence-electron chi connectivity index (χ1n) is 17.4. The van der Waals surface area contributed by atoms with Crippen molar-refractivity contribution >= 4 is 16.1 Å². The number of allylic oxidation sites excluding steroid dienone is 8. The van der Waals surface area contributed by atoms with E-state index in [1.807, 2.05) is 0 Å². The highest BCUT2D eigenvalue weighted by molar-refractivity contribution is 6.91. The van der Waals surface area contributed by atoms with Crippen LogP contribution in [0.3, 0.4) is 0 Å². The third-order valence-corrected chi connectivity index (χ3v) is 22.1. The van der Waals surface area contributed by atoms with Gasteiger partial charge < -0.3 is 0 Å². The van der Waals surface area contributed by atoms with Gasteiger partial charge in [0.15, 0.2) is 0 Å². The second-order valence-electron chi connectivity index (χ2n) is 15.5. The summed E-state index contributed by atoms with van der Waals surface area (Å²) >= 11 is 0. The van der Waals surface area contributed by atoms with Gasteiger partial charge in [0.1, 0.15) is 16.1 Å². The minimum atomic E-state index is -1.85. The molecule has 0 fully saturated rings. The monoisotopic (exact) mass is 650 g/mol. The Morgan fingerprint density at radius 1 is 0.283 bits per heavy atom. The van der Waals surface area contributed by atoms with Gasteiger partial charge in [0, 0.05) is 0 Å². The van der Waals surface area contributed by atoms with Gasteiger partial charge in [0.2, 0.25) is 0 Å². The molecule has 0 rings (SSSR count). The molecule has 250 valence electrons. The second-order valence-corrected chi connectivity index (χ2v) is 26.7. The minimum absolute atomic E-state index is 0.581. The lowest BCUT2D eigenvalue weighted by Gasteiger charge is -2.38. The van der Waals surface area contributed by atoms with Crippen molar-refractivity contribution in [2.24, 2.45) is 0 Å². The van der Waals surface area contributed by atoms with Gasteiger partial charge in [-0.25, -0.2) is 0 Å². The van der Waals surface area contributed by atoms with Gasteiger partial charge in [-0.2, -0.15) is 0 Å². The van der Waals surface area contributed by atoms with Crippen LogP contribution in [0.1, 0.15) is 138 Å². The van der Waals surface area contributed by atoms with Crippen LogP contribution in [-0.4, -0.2) is 16.1 Å². The molecule has 0 atom stereocenters. The topological polar surface area (TPSA) is 0 Å². The van der Waals surface area contributed by atoms with Crippen LogP contribution in [0.25, 0.3) is 0 Å². The molecule has 46 heavy (non-hydrogen) atoms. The molecule has 0 amide bonds. The predicted octanol–water partition coefficient (Wildman–Crippen LogP) is 12.8. The molecule has 0 aromatic carbocycles. The summed E-state index contributed by atoms with van der Waals surface area (Å²) in [5.74, 6) is 27.5. The van der Waals surface area contributed by atoms with Crippen molar-refractivity contribution in [2.75, 3.05) is 0 Å². The van der Waals surface area contributed by atoms with Gasteiger partial charge in [-0.05, 0) is 88.6 Å². The smallest absolute Gasteiger partial charge is 0.124 e. The summed E-state index contributed by atoms with van der Waals surface area (Å²) in [5.41, 5.74) is 19.1. The van der Waals surface area contributed by atoms with E-state index in [1.54, 1.807) is 0 Å². The summed E-state index contributed by atoms with van der Waals surface area (Å²) in [7, 11) is -3.71. The second kappa shape index (κ2) is 19.1. The van der Waals surface area contributed by atoms with E-state index in [-0.39, 0.29) is 0 Å². The third-order valence-electron chi connectivity index (χ3n) is 9.48. The van der Waals surface area contributed by atoms with Crippen molar-refractivity contribution in [3.63, 3.8) is 0 Å². The number of rotatable bonds is 6. The van der Waals surface area contributed by atoms with E-state index in [0.717, 1.165) is 44.6 Å². The van der Waals surface area contributed by atoms with Gasteiger partial charge in [0.05, 0.1) is 22.3 Å². The van der Waals surface area contributed by atoms with Gasteiger partial charge in [-0.15, -0.1) is 11.1 Å². The van der Waals surface area contributed by atoms with Gasteiger partial charge in [-0.3, -0.25) is 0 Å². The normalized spacial score (nSPS) is 10.9. The van der Waals surface area contributed by atoms with Crippen molar-refractivity contribution in [3.8, 4) is 58.5 Å². The number of hydrogen-bond donors (Lipinski definition) is 0. The summed E-state index contributed by atoms with van der Waals surface area (Å²) in [5, 5.41) is 0. The first kappa shape index (κ1) is 43.2. The SMILES string of the molecule is CC(C)=C(C#CC(C#CC(C#C[Si](C(C)C)(C(C)C)C(C)C)=C(C)C)=C(C)C)C#CC(C#C[Si](C(C)C)(C(C)C)C(C)C)=C(C)C. The zero-order valence-electron chi connectivity index (χ0n) is 33.5. The van der Waals surface area contributed by atoms with Gasteiger partial charge in [0.25, 0.3) is 0 Å². The molecule has 0 bridgehead atoms. The maximum Gasteiger partial charge on any atom is 0.146 e. The standard InChI is InChI=1S/C44H66Si2/c1-31(2)41(23-25-43(33(5)6)27-29-45(35(9)10,36(11)12)37(13)14)21-22-42(32(3)4)24-26-44(34(7)8)28-30-46(38(15)16,39(17)18)40(19)20/h35-40H,1-20H3. The lowest BCUT2D eigenvalue weighted by Crippen LogP contribution is -2.43. The molecule has 0 saturated carbocycles. The molecule has 0 unspecified atom stereocenters. The van der Waals surface area contributed by atoms with Gasteiger partial charge >= 0.3 is 0 Å². The van der Waals surface area contributed by atoms with E-state index in [4.69, 9.17) is 0 Å². The Kier molecular flexibility index (Phi) is 18.0. The van der Waals surface area contributed by atoms with E-state index in [1.165, 1.54) is 0 Å². The highest BCUT2D eigenvalue weighted by Crippen LogP contribution is 2.41. The third kappa shape index (κ3) is 11.5. The van der Waals surface area contributed by atoms with E-state index in [9.17, 15) is 0 Å². The van der Waals surface area contributed by atoms with Crippen LogP contribution < -0.4 is 0 Å². The highest BCUT2D eigenvalue weighted by atomic mass is 28.3. The summed E-state index contributed by atoms with van der Waals surface area (Å²) < 4.78 is 0. The van der Waals surface area contributed by atoms with E-state index >= 15 is 0 Å². The maximum atomic E-state index is 3.84. The molecule has 0 radical (unpaired) electrons. The fraction of sp³-hybridized carbons (Fsp3) is 0.591. The Morgan fingerprint density at radius 3 is 0.565 bits per heavy atom. The first-order valence-corrected chi connectivity index (χ1v) is 21.9. The van der Waals surface area contributed by atoms with Crippen molar-refractivity contribution < 1.29 is 0 Å². The molecular formula is C44H66Si2. The van der Waals surface area contributed by atoms with Crippen molar-refractivity contribution in [2.45, 2.75) is 172 Å². The predicted molar refractivity (Wildman–Crippen MR) is 214 cm³/mol. The average molecular weight is 651 g/mol. The average Bonchev–Trinajstić information content (AvgIpc) is 2.90. The molecule has 0 heterocycles. The Bertz CT molecular complexity index is 1360. The van der Waals surface area contributed by atoms with Crippen LogP contribution in [0.2, 0.25) is 33.2 Å². The molecule has 0 saturated heterocycles. The Balaban J connectivity index is 6.92. The van der Waals surface area contributed by atoms with Crippen molar-refractivity contribution in [3.05, 3.63) is 44.6 Å². The molecule has 0 N–H and O–H groups in total. The molecule has 2 heteroatoms. The number of hydrogen-bond acceptors (Lipinski definition) is 0. The lowest BCUT2D eigenvalue weighted by atomic mass is 10.1. The van der Waals surface area contributed by atoms with Crippen LogP contribution in [0.5, 0.6) is 0 Å². The van der Waals surface area contributed by atoms with Gasteiger partial charge in [-0.1, -0.05) is 153 Å². The summed E-state index contributed by atoms with van der Waals surface area (Å²) in [6.07, 6.45) is 0. The Labute approximate surface area is 289 Å². The molecule has 0 nitrogen and oxygen atoms in total. The minimum Gasteiger partial charge on any atom is -0.124 e. The van der Waals surface area contributed by atoms with E-state index in [0.29, 0.717) is 33.2 Å². The lowest BCUT2D eigenvalue weighted by molar-refractivity contribution is 0.838. The highest BCUT2D eigenvalue weighted by Gasteiger charge is 2.42. The zero-order chi connectivity index (χ0) is 36.2. The fourth-order valence-electron chi connectivity index (χ4n) is 6.71. The molecular weight excluding hydrogens is 585 g/mol. The Morgan fingerprint density at radius 2 is 0.435 bits per heavy atom. The van der Waals surface area contributed by atoms with E-state index in [2.05, 4.69) is 197 Å². The zero-order valence-corrected chi connectivity index (χ0v) is 35.5. The molecule has 0 aliphatic carbocycles. The molecule has 0 aromatic rings. The molecule has 0 spiro atoms. The summed E-state index contributed by atoms with van der Waals surface area (Å²) in [4.78, 5) is 0. The maximum absolute atomic E-state index is 3.84. The van der Waals surface area contributed by atoms with Crippen molar-refractivity contribution in [1.29, 1.82) is 0 Å². The van der Waals surface area contributed by atoms with Crippen LogP contribution in [-0.2, 0) is 0 Å². The molecule has 0 aromatic heterocycles. The quantitative estimate of drug-likeness (QED) is 0.198. The van der Waals surface area contributed by atoms with E-state index < -0.39 is 16.1 Å². The molecule has 0 aliphatic heterocycles. The van der Waals surface area contributed by atoms with Crippen LogP contribution in [0.15, 0.2) is 44.6 Å². The largest absolute Gasteiger partial charge is 0.146 e. The summed E-state index contributed by atoms with van der Waals surface area (Å²) in [6, 6.07) is 0. The van der Waals surface area contributed by atoms with Crippen LogP contribution >= 0.6 is 0 Å². The van der Waals surface area contributed by atoms with Crippen LogP contribution in [0, 0.1) is 58.5 Å². The van der Waals surface area contributed by atoms with Crippen molar-refractivity contribution in [1.82, 2.24) is 0 Å². The molecule has 0 aliphatic rings. The summed E-state index contributed by atoms with van der Waals surface area (Å²) in [6.45, 7) is 44.9. The fourth-order valence-corrected chi connectivity index (χ4v) is 17.1. The Hall–Kier alpha value is -2.81. The first-order chi connectivity index (χ1) is 21.1. The van der Waals surface area contributed by atoms with Crippen LogP contribution in [0.4, 0.5) is 0 Å².